The Bertz CT molecular complexity index is 389. The van der Waals surface area contributed by atoms with Crippen molar-refractivity contribution in [3.63, 3.8) is 0 Å². The van der Waals surface area contributed by atoms with Crippen molar-refractivity contribution in [3.8, 4) is 11.5 Å². The molecule has 0 atom stereocenters. The van der Waals surface area contributed by atoms with E-state index in [0.29, 0.717) is 11.5 Å². The molecule has 0 saturated carbocycles. The minimum atomic E-state index is -0.199. The van der Waals surface area contributed by atoms with E-state index >= 15 is 0 Å². The largest absolute Gasteiger partial charge is 0.493 e. The topological polar surface area (TPSA) is 30.5 Å². The molecule has 1 N–H and O–H groups in total. The van der Waals surface area contributed by atoms with Crippen LogP contribution in [0.1, 0.15) is 24.3 Å². The molecule has 0 aliphatic carbocycles. The molecule has 0 unspecified atom stereocenters. The molecule has 4 heteroatoms. The van der Waals surface area contributed by atoms with Crippen molar-refractivity contribution in [2.45, 2.75) is 18.8 Å². The van der Waals surface area contributed by atoms with E-state index in [4.69, 9.17) is 9.47 Å². The Morgan fingerprint density at radius 1 is 1.12 bits per heavy atom. The fourth-order valence-electron chi connectivity index (χ4n) is 2.32. The predicted octanol–water partition coefficient (Wildman–Crippen LogP) is 2.31. The van der Waals surface area contributed by atoms with E-state index in [1.54, 1.807) is 13.2 Å². The van der Waals surface area contributed by atoms with Gasteiger partial charge in [0, 0.05) is 6.07 Å². The Morgan fingerprint density at radius 3 is 2.29 bits per heavy atom. The minimum absolute atomic E-state index is 0.199. The third-order valence-electron chi connectivity index (χ3n) is 3.28. The summed E-state index contributed by atoms with van der Waals surface area (Å²) in [4.78, 5) is 0. The maximum absolute atomic E-state index is 14.0. The molecule has 1 aliphatic heterocycles. The lowest BCUT2D eigenvalue weighted by Crippen LogP contribution is -2.27. The molecule has 0 amide bonds. The van der Waals surface area contributed by atoms with Crippen LogP contribution < -0.4 is 14.8 Å². The molecule has 0 bridgehead atoms. The molecular weight excluding hydrogens is 221 g/mol. The molecule has 0 aromatic heterocycles. The average molecular weight is 239 g/mol. The fourth-order valence-corrected chi connectivity index (χ4v) is 2.32. The molecule has 2 rings (SSSR count). The standard InChI is InChI=1S/C13H18FNO2/c1-16-12-7-10(9-3-5-15-6-4-9)11(14)8-13(12)17-2/h7-9,15H,3-6H2,1-2H3. The Kier molecular flexibility index (Phi) is 3.84. The Labute approximate surface area is 101 Å². The van der Waals surface area contributed by atoms with Gasteiger partial charge in [0.2, 0.25) is 0 Å². The first-order valence-corrected chi connectivity index (χ1v) is 5.88. The van der Waals surface area contributed by atoms with Crippen LogP contribution in [0.4, 0.5) is 4.39 Å². The highest BCUT2D eigenvalue weighted by Crippen LogP contribution is 2.35. The summed E-state index contributed by atoms with van der Waals surface area (Å²) in [6.07, 6.45) is 1.93. The lowest BCUT2D eigenvalue weighted by Gasteiger charge is -2.24. The number of hydrogen-bond donors (Lipinski definition) is 1. The van der Waals surface area contributed by atoms with E-state index in [9.17, 15) is 4.39 Å². The smallest absolute Gasteiger partial charge is 0.163 e. The van der Waals surface area contributed by atoms with Gasteiger partial charge in [0.05, 0.1) is 14.2 Å². The van der Waals surface area contributed by atoms with Gasteiger partial charge in [-0.15, -0.1) is 0 Å². The van der Waals surface area contributed by atoms with Gasteiger partial charge in [-0.05, 0) is 43.5 Å². The third kappa shape index (κ3) is 2.52. The predicted molar refractivity (Wildman–Crippen MR) is 64.3 cm³/mol. The number of ether oxygens (including phenoxy) is 2. The highest BCUT2D eigenvalue weighted by molar-refractivity contribution is 5.45. The number of piperidine rings is 1. The van der Waals surface area contributed by atoms with E-state index in [2.05, 4.69) is 5.32 Å². The molecule has 1 aromatic rings. The van der Waals surface area contributed by atoms with Gasteiger partial charge in [0.1, 0.15) is 5.82 Å². The van der Waals surface area contributed by atoms with E-state index in [-0.39, 0.29) is 11.7 Å². The number of halogens is 1. The monoisotopic (exact) mass is 239 g/mol. The summed E-state index contributed by atoms with van der Waals surface area (Å²) < 4.78 is 24.3. The molecule has 1 aliphatic rings. The highest BCUT2D eigenvalue weighted by Gasteiger charge is 2.21. The van der Waals surface area contributed by atoms with Crippen LogP contribution in [0.25, 0.3) is 0 Å². The average Bonchev–Trinajstić information content (AvgIpc) is 2.39. The maximum Gasteiger partial charge on any atom is 0.163 e. The molecule has 17 heavy (non-hydrogen) atoms. The lowest BCUT2D eigenvalue weighted by atomic mass is 9.89. The first kappa shape index (κ1) is 12.2. The zero-order chi connectivity index (χ0) is 12.3. The Balaban J connectivity index is 2.32. The second kappa shape index (κ2) is 5.36. The summed E-state index contributed by atoms with van der Waals surface area (Å²) in [5, 5.41) is 3.28. The molecule has 3 nitrogen and oxygen atoms in total. The van der Waals surface area contributed by atoms with Crippen molar-refractivity contribution in [2.24, 2.45) is 0 Å². The van der Waals surface area contributed by atoms with Crippen LogP contribution in [0.3, 0.4) is 0 Å². The molecule has 0 spiro atoms. The van der Waals surface area contributed by atoms with E-state index in [1.807, 2.05) is 0 Å². The van der Waals surface area contributed by atoms with Crippen LogP contribution >= 0.6 is 0 Å². The molecule has 1 aromatic carbocycles. The summed E-state index contributed by atoms with van der Waals surface area (Å²) in [5.41, 5.74) is 0.740. The second-order valence-electron chi connectivity index (χ2n) is 4.25. The number of methoxy groups -OCH3 is 2. The van der Waals surface area contributed by atoms with E-state index in [0.717, 1.165) is 31.5 Å². The number of benzene rings is 1. The first-order chi connectivity index (χ1) is 8.26. The lowest BCUT2D eigenvalue weighted by molar-refractivity contribution is 0.349. The Hall–Kier alpha value is -1.29. The zero-order valence-corrected chi connectivity index (χ0v) is 10.3. The van der Waals surface area contributed by atoms with Crippen molar-refractivity contribution in [1.82, 2.24) is 5.32 Å². The van der Waals surface area contributed by atoms with Crippen LogP contribution in [0.15, 0.2) is 12.1 Å². The second-order valence-corrected chi connectivity index (χ2v) is 4.25. The van der Waals surface area contributed by atoms with Crippen LogP contribution in [0, 0.1) is 5.82 Å². The van der Waals surface area contributed by atoms with Gasteiger partial charge in [-0.25, -0.2) is 4.39 Å². The van der Waals surface area contributed by atoms with E-state index < -0.39 is 0 Å². The summed E-state index contributed by atoms with van der Waals surface area (Å²) in [6, 6.07) is 3.18. The molecule has 0 radical (unpaired) electrons. The van der Waals surface area contributed by atoms with Crippen LogP contribution in [-0.2, 0) is 0 Å². The van der Waals surface area contributed by atoms with Crippen molar-refractivity contribution in [3.05, 3.63) is 23.5 Å². The van der Waals surface area contributed by atoms with Crippen molar-refractivity contribution in [1.29, 1.82) is 0 Å². The van der Waals surface area contributed by atoms with Gasteiger partial charge in [0.25, 0.3) is 0 Å². The third-order valence-corrected chi connectivity index (χ3v) is 3.28. The van der Waals surface area contributed by atoms with Gasteiger partial charge < -0.3 is 14.8 Å². The molecular formula is C13H18FNO2. The number of rotatable bonds is 3. The van der Waals surface area contributed by atoms with Gasteiger partial charge in [-0.1, -0.05) is 0 Å². The van der Waals surface area contributed by atoms with Gasteiger partial charge in [0.15, 0.2) is 11.5 Å². The van der Waals surface area contributed by atoms with Crippen molar-refractivity contribution in [2.75, 3.05) is 27.3 Å². The summed E-state index contributed by atoms with van der Waals surface area (Å²) in [6.45, 7) is 1.89. The van der Waals surface area contributed by atoms with Gasteiger partial charge >= 0.3 is 0 Å². The highest BCUT2D eigenvalue weighted by atomic mass is 19.1. The number of nitrogens with one attached hydrogen (secondary N) is 1. The van der Waals surface area contributed by atoms with Gasteiger partial charge in [-0.2, -0.15) is 0 Å². The summed E-state index contributed by atoms with van der Waals surface area (Å²) >= 11 is 0. The molecule has 94 valence electrons. The molecule has 1 fully saturated rings. The summed E-state index contributed by atoms with van der Waals surface area (Å²) in [5.74, 6) is 1.12. The van der Waals surface area contributed by atoms with Crippen molar-refractivity contribution < 1.29 is 13.9 Å². The first-order valence-electron chi connectivity index (χ1n) is 5.88. The van der Waals surface area contributed by atoms with Crippen LogP contribution in [-0.4, -0.2) is 27.3 Å². The molecule has 1 saturated heterocycles. The fraction of sp³-hybridized carbons (Fsp3) is 0.538. The van der Waals surface area contributed by atoms with Gasteiger partial charge in [-0.3, -0.25) is 0 Å². The van der Waals surface area contributed by atoms with E-state index in [1.165, 1.54) is 13.2 Å². The zero-order valence-electron chi connectivity index (χ0n) is 10.3. The van der Waals surface area contributed by atoms with Crippen LogP contribution in [0.2, 0.25) is 0 Å². The Morgan fingerprint density at radius 2 is 1.71 bits per heavy atom. The minimum Gasteiger partial charge on any atom is -0.493 e. The number of hydrogen-bond acceptors (Lipinski definition) is 3. The molecule has 1 heterocycles. The maximum atomic E-state index is 14.0. The SMILES string of the molecule is COc1cc(F)c(C2CCNCC2)cc1OC. The van der Waals surface area contributed by atoms with Crippen molar-refractivity contribution >= 4 is 0 Å². The van der Waals surface area contributed by atoms with Crippen LogP contribution in [0.5, 0.6) is 11.5 Å². The quantitative estimate of drug-likeness (QED) is 0.878. The summed E-state index contributed by atoms with van der Waals surface area (Å²) in [7, 11) is 3.09. The normalized spacial score (nSPS) is 16.9.